The van der Waals surface area contributed by atoms with E-state index in [4.69, 9.17) is 9.97 Å². The Morgan fingerprint density at radius 2 is 0.911 bits per heavy atom. The van der Waals surface area contributed by atoms with Crippen molar-refractivity contribution >= 4 is 65.2 Å². The van der Waals surface area contributed by atoms with Crippen molar-refractivity contribution in [3.63, 3.8) is 0 Å². The first-order valence-corrected chi connectivity index (χ1v) is 19.4. The van der Waals surface area contributed by atoms with Gasteiger partial charge in [0.25, 0.3) is 0 Å². The average molecular weight is 714 g/mol. The first-order chi connectivity index (χ1) is 27.5. The van der Waals surface area contributed by atoms with Crippen LogP contribution in [0.25, 0.3) is 104 Å². The van der Waals surface area contributed by atoms with E-state index in [0.717, 1.165) is 44.6 Å². The Balaban J connectivity index is 1.07. The highest BCUT2D eigenvalue weighted by atomic mass is 15.0. The number of hydrogen-bond donors (Lipinski definition) is 0. The molecule has 11 aromatic rings. The van der Waals surface area contributed by atoms with E-state index in [2.05, 4.69) is 182 Å². The number of fused-ring (bicyclic) bond motifs is 10. The molecule has 3 nitrogen and oxygen atoms in total. The van der Waals surface area contributed by atoms with Crippen LogP contribution in [-0.4, -0.2) is 14.5 Å². The summed E-state index contributed by atoms with van der Waals surface area (Å²) in [6.45, 7) is 4.66. The maximum atomic E-state index is 5.34. The summed E-state index contributed by atoms with van der Waals surface area (Å²) in [6.07, 6.45) is 0. The molecule has 2 heterocycles. The van der Waals surface area contributed by atoms with Crippen LogP contribution in [0.2, 0.25) is 0 Å². The third-order valence-electron chi connectivity index (χ3n) is 12.3. The highest BCUT2D eigenvalue weighted by Crippen LogP contribution is 2.50. The predicted molar refractivity (Wildman–Crippen MR) is 235 cm³/mol. The number of nitrogens with zero attached hydrogens (tertiary/aromatic N) is 3. The second-order valence-corrected chi connectivity index (χ2v) is 15.9. The van der Waals surface area contributed by atoms with Gasteiger partial charge in [0, 0.05) is 33.0 Å². The van der Waals surface area contributed by atoms with E-state index >= 15 is 0 Å². The lowest BCUT2D eigenvalue weighted by Crippen LogP contribution is -2.15. The predicted octanol–water partition coefficient (Wildman–Crippen LogP) is 13.8. The van der Waals surface area contributed by atoms with Gasteiger partial charge in [0.15, 0.2) is 0 Å². The molecule has 0 atom stereocenters. The molecule has 0 aliphatic heterocycles. The van der Waals surface area contributed by atoms with Gasteiger partial charge in [-0.05, 0) is 115 Å². The monoisotopic (exact) mass is 713 g/mol. The largest absolute Gasteiger partial charge is 0.309 e. The normalized spacial score (nSPS) is 13.3. The fourth-order valence-electron chi connectivity index (χ4n) is 9.44. The summed E-state index contributed by atoms with van der Waals surface area (Å²) in [5.74, 6) is 0. The maximum Gasteiger partial charge on any atom is 0.0973 e. The molecule has 9 aromatic carbocycles. The van der Waals surface area contributed by atoms with E-state index in [1.54, 1.807) is 0 Å². The Morgan fingerprint density at radius 3 is 1.57 bits per heavy atom. The van der Waals surface area contributed by atoms with Crippen LogP contribution >= 0.6 is 0 Å². The van der Waals surface area contributed by atoms with Crippen molar-refractivity contribution in [2.24, 2.45) is 0 Å². The molecular weight excluding hydrogens is 679 g/mol. The minimum absolute atomic E-state index is 0.114. The summed E-state index contributed by atoms with van der Waals surface area (Å²) < 4.78 is 2.45. The minimum Gasteiger partial charge on any atom is -0.309 e. The zero-order valence-corrected chi connectivity index (χ0v) is 31.1. The van der Waals surface area contributed by atoms with Gasteiger partial charge in [-0.2, -0.15) is 0 Å². The molecule has 0 saturated carbocycles. The Hall–Kier alpha value is -7.10. The summed E-state index contributed by atoms with van der Waals surface area (Å²) in [6, 6.07) is 64.2. The third kappa shape index (κ3) is 4.52. The average Bonchev–Trinajstić information content (AvgIpc) is 3.67. The lowest BCUT2D eigenvalue weighted by molar-refractivity contribution is 0.660. The molecule has 0 unspecified atom stereocenters. The third-order valence-corrected chi connectivity index (χ3v) is 12.3. The molecule has 0 spiro atoms. The molecule has 2 aromatic heterocycles. The maximum absolute atomic E-state index is 5.34. The van der Waals surface area contributed by atoms with Crippen molar-refractivity contribution in [2.45, 2.75) is 19.3 Å². The molecule has 1 aliphatic rings. The number of hydrogen-bond acceptors (Lipinski definition) is 2. The lowest BCUT2D eigenvalue weighted by Gasteiger charge is -2.22. The van der Waals surface area contributed by atoms with Crippen molar-refractivity contribution in [2.75, 3.05) is 0 Å². The standard InChI is InChI=1S/C53H35N3/c1-53(2)45-16-8-7-15-41(45)42-24-22-38(29-46(42)53)52-51(54-47-17-9-10-18-48(47)55-52)37-20-19-32-21-23-40(26-39(32)25-37)56-49-30-35-13-5-3-11-33(35)27-43(49)44-28-34-12-4-6-14-36(34)31-50(44)56/h3-31H,1-2H3. The summed E-state index contributed by atoms with van der Waals surface area (Å²) in [4.78, 5) is 10.7. The van der Waals surface area contributed by atoms with Gasteiger partial charge < -0.3 is 4.57 Å². The number of aromatic nitrogens is 3. The lowest BCUT2D eigenvalue weighted by atomic mass is 9.81. The quantitative estimate of drug-likeness (QED) is 0.182. The summed E-state index contributed by atoms with van der Waals surface area (Å²) >= 11 is 0. The Morgan fingerprint density at radius 1 is 0.393 bits per heavy atom. The van der Waals surface area contributed by atoms with Gasteiger partial charge in [-0.3, -0.25) is 0 Å². The highest BCUT2D eigenvalue weighted by Gasteiger charge is 2.35. The van der Waals surface area contributed by atoms with Crippen LogP contribution in [0.4, 0.5) is 0 Å². The van der Waals surface area contributed by atoms with Gasteiger partial charge in [0.05, 0.1) is 33.5 Å². The van der Waals surface area contributed by atoms with Crippen LogP contribution < -0.4 is 0 Å². The molecule has 0 bridgehead atoms. The van der Waals surface area contributed by atoms with Crippen LogP contribution in [0.3, 0.4) is 0 Å². The molecule has 56 heavy (non-hydrogen) atoms. The fourth-order valence-corrected chi connectivity index (χ4v) is 9.44. The Labute approximate surface area is 324 Å². The van der Waals surface area contributed by atoms with Gasteiger partial charge >= 0.3 is 0 Å². The zero-order chi connectivity index (χ0) is 37.1. The van der Waals surface area contributed by atoms with E-state index in [1.807, 2.05) is 12.1 Å². The van der Waals surface area contributed by atoms with Gasteiger partial charge in [0.2, 0.25) is 0 Å². The number of para-hydroxylation sites is 2. The van der Waals surface area contributed by atoms with Crippen LogP contribution in [0.15, 0.2) is 176 Å². The van der Waals surface area contributed by atoms with Crippen LogP contribution in [0.1, 0.15) is 25.0 Å². The summed E-state index contributed by atoms with van der Waals surface area (Å²) in [7, 11) is 0. The second kappa shape index (κ2) is 11.5. The van der Waals surface area contributed by atoms with Crippen molar-refractivity contribution < 1.29 is 0 Å². The molecule has 0 saturated heterocycles. The first-order valence-electron chi connectivity index (χ1n) is 19.4. The zero-order valence-electron chi connectivity index (χ0n) is 31.1. The summed E-state index contributed by atoms with van der Waals surface area (Å²) in [5, 5.41) is 9.82. The molecule has 0 amide bonds. The van der Waals surface area contributed by atoms with Gasteiger partial charge in [0.1, 0.15) is 0 Å². The van der Waals surface area contributed by atoms with Crippen molar-refractivity contribution in [3.8, 4) is 39.3 Å². The van der Waals surface area contributed by atoms with Crippen molar-refractivity contribution in [3.05, 3.63) is 187 Å². The SMILES string of the molecule is CC1(C)c2ccccc2-c2ccc(-c3nc4ccccc4nc3-c3ccc4ccc(-n5c6cc7ccccc7cc6c6cc7ccccc7cc65)cc4c3)cc21. The van der Waals surface area contributed by atoms with Gasteiger partial charge in [-0.25, -0.2) is 9.97 Å². The molecule has 3 heteroatoms. The fraction of sp³-hybridized carbons (Fsp3) is 0.0566. The van der Waals surface area contributed by atoms with Gasteiger partial charge in [-0.15, -0.1) is 0 Å². The number of rotatable bonds is 3. The molecule has 1 aliphatic carbocycles. The van der Waals surface area contributed by atoms with Crippen LogP contribution in [0.5, 0.6) is 0 Å². The Bertz CT molecular complexity index is 3370. The van der Waals surface area contributed by atoms with E-state index in [0.29, 0.717) is 0 Å². The van der Waals surface area contributed by atoms with Crippen LogP contribution in [-0.2, 0) is 5.41 Å². The second-order valence-electron chi connectivity index (χ2n) is 15.9. The van der Waals surface area contributed by atoms with E-state index in [9.17, 15) is 0 Å². The minimum atomic E-state index is -0.114. The highest BCUT2D eigenvalue weighted by molar-refractivity contribution is 6.17. The van der Waals surface area contributed by atoms with Crippen molar-refractivity contribution in [1.82, 2.24) is 14.5 Å². The molecular formula is C53H35N3. The number of benzene rings is 9. The summed E-state index contributed by atoms with van der Waals surface area (Å²) in [5.41, 5.74) is 14.4. The Kier molecular flexibility index (Phi) is 6.40. The molecule has 0 N–H and O–H groups in total. The van der Waals surface area contributed by atoms with E-state index in [-0.39, 0.29) is 5.41 Å². The first kappa shape index (κ1) is 31.3. The molecule has 12 rings (SSSR count). The van der Waals surface area contributed by atoms with Gasteiger partial charge in [-0.1, -0.05) is 129 Å². The smallest absolute Gasteiger partial charge is 0.0973 e. The van der Waals surface area contributed by atoms with Crippen LogP contribution in [0, 0.1) is 0 Å². The van der Waals surface area contributed by atoms with Crippen molar-refractivity contribution in [1.29, 1.82) is 0 Å². The topological polar surface area (TPSA) is 30.7 Å². The molecule has 0 fully saturated rings. The van der Waals surface area contributed by atoms with E-state index < -0.39 is 0 Å². The van der Waals surface area contributed by atoms with E-state index in [1.165, 1.54) is 71.0 Å². The molecule has 0 radical (unpaired) electrons. The molecule has 262 valence electrons.